The van der Waals surface area contributed by atoms with Crippen molar-refractivity contribution in [1.82, 2.24) is 35.8 Å². The summed E-state index contributed by atoms with van der Waals surface area (Å²) in [6, 6.07) is 0. The van der Waals surface area contributed by atoms with E-state index in [9.17, 15) is 4.79 Å². The molecule has 3 rings (SSSR count). The minimum Gasteiger partial charge on any atom is -0.349 e. The third kappa shape index (κ3) is 4.85. The van der Waals surface area contributed by atoms with Crippen molar-refractivity contribution in [3.05, 3.63) is 24.4 Å². The molecule has 0 aromatic carbocycles. The fraction of sp³-hybridized carbons (Fsp3) is 0.611. The summed E-state index contributed by atoms with van der Waals surface area (Å²) in [5, 5.41) is 13.5. The van der Waals surface area contributed by atoms with Gasteiger partial charge in [0.1, 0.15) is 11.5 Å². The summed E-state index contributed by atoms with van der Waals surface area (Å²) in [7, 11) is 0. The molecule has 1 aliphatic heterocycles. The Morgan fingerprint density at radius 3 is 2.62 bits per heavy atom. The Morgan fingerprint density at radius 2 is 1.96 bits per heavy atom. The third-order valence-corrected chi connectivity index (χ3v) is 4.53. The summed E-state index contributed by atoms with van der Waals surface area (Å²) in [5.74, 6) is 1.49. The molecule has 0 unspecified atom stereocenters. The van der Waals surface area contributed by atoms with Gasteiger partial charge in [-0.05, 0) is 46.5 Å². The largest absolute Gasteiger partial charge is 0.349 e. The molecule has 26 heavy (non-hydrogen) atoms. The second-order valence-corrected chi connectivity index (χ2v) is 8.34. The number of hydrogen-bond acceptors (Lipinski definition) is 6. The third-order valence-electron chi connectivity index (χ3n) is 4.53. The molecular formula is C18H27N7O. The van der Waals surface area contributed by atoms with Gasteiger partial charge in [0.05, 0.1) is 12.7 Å². The summed E-state index contributed by atoms with van der Waals surface area (Å²) in [6.07, 6.45) is 7.30. The summed E-state index contributed by atoms with van der Waals surface area (Å²) in [6.45, 7) is 9.11. The molecule has 140 valence electrons. The van der Waals surface area contributed by atoms with Crippen LogP contribution < -0.4 is 10.6 Å². The molecule has 2 aromatic heterocycles. The van der Waals surface area contributed by atoms with E-state index in [4.69, 9.17) is 0 Å². The number of nitrogens with zero attached hydrogens (tertiary/aromatic N) is 4. The van der Waals surface area contributed by atoms with E-state index in [0.717, 1.165) is 12.8 Å². The molecular weight excluding hydrogens is 330 g/mol. The lowest BCUT2D eigenvalue weighted by molar-refractivity contribution is -0.122. The molecule has 2 aromatic rings. The van der Waals surface area contributed by atoms with Gasteiger partial charge in [0.2, 0.25) is 11.7 Å². The van der Waals surface area contributed by atoms with Gasteiger partial charge in [-0.25, -0.2) is 9.97 Å². The monoisotopic (exact) mass is 357 g/mol. The molecule has 1 amide bonds. The van der Waals surface area contributed by atoms with E-state index in [0.29, 0.717) is 36.2 Å². The smallest absolute Gasteiger partial charge is 0.220 e. The van der Waals surface area contributed by atoms with Crippen molar-refractivity contribution in [2.45, 2.75) is 64.6 Å². The van der Waals surface area contributed by atoms with Gasteiger partial charge in [-0.2, -0.15) is 5.10 Å². The number of piperidine rings is 1. The number of hydrogen-bond donors (Lipinski definition) is 3. The molecule has 0 radical (unpaired) electrons. The molecule has 8 nitrogen and oxygen atoms in total. The summed E-state index contributed by atoms with van der Waals surface area (Å²) in [4.78, 5) is 24.9. The van der Waals surface area contributed by atoms with Gasteiger partial charge in [0, 0.05) is 29.9 Å². The van der Waals surface area contributed by atoms with Crippen molar-refractivity contribution in [2.24, 2.45) is 5.92 Å². The Balaban J connectivity index is 1.52. The predicted molar refractivity (Wildman–Crippen MR) is 97.9 cm³/mol. The summed E-state index contributed by atoms with van der Waals surface area (Å²) >= 11 is 0. The first-order chi connectivity index (χ1) is 12.2. The number of amides is 1. The molecule has 0 saturated carbocycles. The average Bonchev–Trinajstić information content (AvgIpc) is 2.99. The van der Waals surface area contributed by atoms with Crippen LogP contribution in [0.25, 0.3) is 11.5 Å². The van der Waals surface area contributed by atoms with Crippen molar-refractivity contribution in [2.75, 3.05) is 0 Å². The van der Waals surface area contributed by atoms with Crippen LogP contribution >= 0.6 is 0 Å². The van der Waals surface area contributed by atoms with Crippen LogP contribution in [-0.4, -0.2) is 42.1 Å². The van der Waals surface area contributed by atoms with Gasteiger partial charge < -0.3 is 10.6 Å². The van der Waals surface area contributed by atoms with Crippen molar-refractivity contribution in [3.8, 4) is 11.5 Å². The number of carbonyl (C=O) groups is 1. The zero-order chi connectivity index (χ0) is 18.8. The average molecular weight is 357 g/mol. The number of aromatic nitrogens is 5. The zero-order valence-corrected chi connectivity index (χ0v) is 15.8. The van der Waals surface area contributed by atoms with Crippen LogP contribution in [0, 0.1) is 5.92 Å². The molecule has 1 aliphatic rings. The molecule has 0 spiro atoms. The van der Waals surface area contributed by atoms with Gasteiger partial charge in [-0.15, -0.1) is 0 Å². The van der Waals surface area contributed by atoms with Crippen LogP contribution in [0.5, 0.6) is 0 Å². The molecule has 3 N–H and O–H groups in total. The summed E-state index contributed by atoms with van der Waals surface area (Å²) < 4.78 is 0. The highest BCUT2D eigenvalue weighted by Gasteiger charge is 2.38. The molecule has 1 saturated heterocycles. The second-order valence-electron chi connectivity index (χ2n) is 8.34. The summed E-state index contributed by atoms with van der Waals surface area (Å²) in [5.41, 5.74) is 0.687. The Hall–Kier alpha value is -2.35. The molecule has 0 atom stereocenters. The van der Waals surface area contributed by atoms with Crippen molar-refractivity contribution in [1.29, 1.82) is 0 Å². The highest BCUT2D eigenvalue weighted by Crippen LogP contribution is 2.34. The molecule has 1 fully saturated rings. The highest BCUT2D eigenvalue weighted by atomic mass is 16.1. The Labute approximate surface area is 153 Å². The fourth-order valence-corrected chi connectivity index (χ4v) is 4.10. The number of H-pyrrole nitrogens is 1. The van der Waals surface area contributed by atoms with Crippen LogP contribution in [-0.2, 0) is 11.3 Å². The van der Waals surface area contributed by atoms with Crippen molar-refractivity contribution >= 4 is 5.91 Å². The quantitative estimate of drug-likeness (QED) is 0.753. The van der Waals surface area contributed by atoms with Gasteiger partial charge in [-0.3, -0.25) is 14.9 Å². The van der Waals surface area contributed by atoms with E-state index in [1.807, 2.05) is 0 Å². The fourth-order valence-electron chi connectivity index (χ4n) is 4.10. The van der Waals surface area contributed by atoms with Crippen LogP contribution in [0.2, 0.25) is 0 Å². The first-order valence-corrected chi connectivity index (χ1v) is 8.96. The standard InChI is InChI=1S/C18H27N7O/c1-17(2)8-12(9-18(3,4)25-17)7-15(26)21-11-14-22-16(24-23-14)13-10-19-5-6-20-13/h5-6,10,12,25H,7-9,11H2,1-4H3,(H,21,26)(H,22,23,24). The lowest BCUT2D eigenvalue weighted by atomic mass is 9.74. The van der Waals surface area contributed by atoms with E-state index in [1.165, 1.54) is 0 Å². The number of nitrogens with one attached hydrogen (secondary N) is 3. The van der Waals surface area contributed by atoms with E-state index < -0.39 is 0 Å². The minimum atomic E-state index is 0.0425. The topological polar surface area (TPSA) is 108 Å². The first kappa shape index (κ1) is 18.4. The van der Waals surface area contributed by atoms with Gasteiger partial charge in [-0.1, -0.05) is 0 Å². The van der Waals surface area contributed by atoms with E-state index >= 15 is 0 Å². The molecule has 0 bridgehead atoms. The first-order valence-electron chi connectivity index (χ1n) is 8.96. The highest BCUT2D eigenvalue weighted by molar-refractivity contribution is 5.76. The zero-order valence-electron chi connectivity index (χ0n) is 15.8. The number of carbonyl (C=O) groups excluding carboxylic acids is 1. The predicted octanol–water partition coefficient (Wildman–Crippen LogP) is 1.82. The maximum absolute atomic E-state index is 12.4. The lowest BCUT2D eigenvalue weighted by Gasteiger charge is -2.46. The normalized spacial score (nSPS) is 19.2. The molecule has 3 heterocycles. The van der Waals surface area contributed by atoms with Crippen LogP contribution in [0.3, 0.4) is 0 Å². The van der Waals surface area contributed by atoms with Gasteiger partial charge >= 0.3 is 0 Å². The number of aromatic amines is 1. The minimum absolute atomic E-state index is 0.0425. The Bertz CT molecular complexity index is 738. The molecule has 8 heteroatoms. The van der Waals surface area contributed by atoms with E-state index in [1.54, 1.807) is 18.6 Å². The Morgan fingerprint density at radius 1 is 1.23 bits per heavy atom. The molecule has 0 aliphatic carbocycles. The van der Waals surface area contributed by atoms with Crippen LogP contribution in [0.15, 0.2) is 18.6 Å². The van der Waals surface area contributed by atoms with Gasteiger partial charge in [0.15, 0.2) is 0 Å². The van der Waals surface area contributed by atoms with E-state index in [-0.39, 0.29) is 17.0 Å². The van der Waals surface area contributed by atoms with Gasteiger partial charge in [0.25, 0.3) is 0 Å². The van der Waals surface area contributed by atoms with Crippen LogP contribution in [0.1, 0.15) is 52.8 Å². The SMILES string of the molecule is CC1(C)CC(CC(=O)NCc2nc(-c3cnccn3)n[nH]2)CC(C)(C)N1. The second kappa shape index (κ2) is 7.11. The maximum atomic E-state index is 12.4. The lowest BCUT2D eigenvalue weighted by Crippen LogP contribution is -2.58. The Kier molecular flexibility index (Phi) is 5.04. The van der Waals surface area contributed by atoms with E-state index in [2.05, 4.69) is 63.5 Å². The maximum Gasteiger partial charge on any atom is 0.220 e. The van der Waals surface area contributed by atoms with Crippen molar-refractivity contribution in [3.63, 3.8) is 0 Å². The van der Waals surface area contributed by atoms with Crippen LogP contribution in [0.4, 0.5) is 0 Å². The van der Waals surface area contributed by atoms with Crippen molar-refractivity contribution < 1.29 is 4.79 Å². The number of rotatable bonds is 5.